The molecule has 12 nitrogen and oxygen atoms in total. The summed E-state index contributed by atoms with van der Waals surface area (Å²) >= 11 is 0. The van der Waals surface area contributed by atoms with E-state index >= 15 is 0 Å². The first-order valence-corrected chi connectivity index (χ1v) is 12.6. The zero-order chi connectivity index (χ0) is 28.8. The number of methoxy groups -OCH3 is 1. The smallest absolute Gasteiger partial charge is 0.305 e. The third-order valence-electron chi connectivity index (χ3n) is 7.88. The molecule has 0 bridgehead atoms. The molecule has 39 heavy (non-hydrogen) atoms. The SMILES string of the molecule is COC(=O)CCCNCc1cc(N(C)C)c2c(c1O)C(O)=C1C(=O)C3(O)C(O)=C(C(N)=O)C(=O)CC3CC1C2. The Morgan fingerprint density at radius 3 is 2.51 bits per heavy atom. The Balaban J connectivity index is 1.76. The number of nitrogens with zero attached hydrogens (tertiary/aromatic N) is 1. The number of carbonyl (C=O) groups excluding carboxylic acids is 4. The van der Waals surface area contributed by atoms with E-state index in [0.29, 0.717) is 29.8 Å². The number of hydrogen-bond acceptors (Lipinski definition) is 11. The number of esters is 1. The molecule has 0 spiro atoms. The van der Waals surface area contributed by atoms with E-state index in [9.17, 15) is 39.6 Å². The van der Waals surface area contributed by atoms with Crippen LogP contribution in [0.25, 0.3) is 5.76 Å². The molecule has 0 aromatic heterocycles. The van der Waals surface area contributed by atoms with Crippen LogP contribution in [0.5, 0.6) is 5.75 Å². The van der Waals surface area contributed by atoms with Crippen molar-refractivity contribution in [2.75, 3.05) is 32.6 Å². The second-order valence-electron chi connectivity index (χ2n) is 10.4. The summed E-state index contributed by atoms with van der Waals surface area (Å²) in [4.78, 5) is 51.1. The summed E-state index contributed by atoms with van der Waals surface area (Å²) < 4.78 is 4.62. The van der Waals surface area contributed by atoms with Crippen molar-refractivity contribution in [2.45, 2.75) is 44.2 Å². The number of primary amides is 1. The largest absolute Gasteiger partial charge is 0.508 e. The molecule has 0 radical (unpaired) electrons. The summed E-state index contributed by atoms with van der Waals surface area (Å²) in [5, 5.41) is 47.8. The Morgan fingerprint density at radius 2 is 1.90 bits per heavy atom. The van der Waals surface area contributed by atoms with Crippen LogP contribution in [0.3, 0.4) is 0 Å². The van der Waals surface area contributed by atoms with Crippen LogP contribution < -0.4 is 16.0 Å². The number of ketones is 2. The number of phenols is 1. The summed E-state index contributed by atoms with van der Waals surface area (Å²) in [6.07, 6.45) is 0.668. The van der Waals surface area contributed by atoms with E-state index in [0.717, 1.165) is 0 Å². The first-order chi connectivity index (χ1) is 18.3. The minimum absolute atomic E-state index is 0.0414. The molecule has 1 aromatic rings. The van der Waals surface area contributed by atoms with E-state index in [1.54, 1.807) is 20.2 Å². The van der Waals surface area contributed by atoms with Gasteiger partial charge in [-0.3, -0.25) is 19.2 Å². The van der Waals surface area contributed by atoms with Gasteiger partial charge in [0.25, 0.3) is 5.91 Å². The number of rotatable bonds is 8. The minimum atomic E-state index is -2.60. The number of nitrogens with one attached hydrogen (secondary N) is 1. The first kappa shape index (κ1) is 28.1. The Labute approximate surface area is 224 Å². The summed E-state index contributed by atoms with van der Waals surface area (Å²) in [5.74, 6) is -6.90. The molecule has 7 N–H and O–H groups in total. The van der Waals surface area contributed by atoms with Gasteiger partial charge in [0.1, 0.15) is 22.8 Å². The highest BCUT2D eigenvalue weighted by atomic mass is 16.5. The maximum absolute atomic E-state index is 13.7. The fourth-order valence-electron chi connectivity index (χ4n) is 5.94. The molecule has 12 heteroatoms. The number of nitrogens with two attached hydrogens (primary N) is 1. The van der Waals surface area contributed by atoms with Crippen molar-refractivity contribution in [2.24, 2.45) is 17.6 Å². The van der Waals surface area contributed by atoms with E-state index in [1.807, 2.05) is 4.90 Å². The number of ether oxygens (including phenoxy) is 1. The Hall–Kier alpha value is -3.90. The van der Waals surface area contributed by atoms with Crippen molar-refractivity contribution < 1.29 is 44.3 Å². The fraction of sp³-hybridized carbons (Fsp3) is 0.481. The van der Waals surface area contributed by atoms with E-state index in [-0.39, 0.29) is 55.1 Å². The molecule has 0 saturated heterocycles. The van der Waals surface area contributed by atoms with Crippen LogP contribution in [0, 0.1) is 11.8 Å². The predicted molar refractivity (Wildman–Crippen MR) is 139 cm³/mol. The van der Waals surface area contributed by atoms with Crippen molar-refractivity contribution >= 4 is 34.9 Å². The number of aliphatic hydroxyl groups excluding tert-OH is 2. The van der Waals surface area contributed by atoms with Gasteiger partial charge in [-0.2, -0.15) is 0 Å². The third-order valence-corrected chi connectivity index (χ3v) is 7.88. The lowest BCUT2D eigenvalue weighted by atomic mass is 9.59. The zero-order valence-corrected chi connectivity index (χ0v) is 22.0. The van der Waals surface area contributed by atoms with Crippen molar-refractivity contribution in [3.05, 3.63) is 39.7 Å². The number of hydrogen-bond donors (Lipinski definition) is 6. The maximum atomic E-state index is 13.7. The van der Waals surface area contributed by atoms with Crippen LogP contribution in [0.4, 0.5) is 5.69 Å². The Bertz CT molecular complexity index is 1330. The van der Waals surface area contributed by atoms with Gasteiger partial charge >= 0.3 is 5.97 Å². The topological polar surface area (TPSA) is 200 Å². The molecular weight excluding hydrogens is 510 g/mol. The lowest BCUT2D eigenvalue weighted by molar-refractivity contribution is -0.147. The number of carbonyl (C=O) groups is 4. The van der Waals surface area contributed by atoms with Crippen molar-refractivity contribution in [1.82, 2.24) is 5.32 Å². The summed E-state index contributed by atoms with van der Waals surface area (Å²) in [7, 11) is 4.91. The van der Waals surface area contributed by atoms with Crippen LogP contribution >= 0.6 is 0 Å². The van der Waals surface area contributed by atoms with Crippen molar-refractivity contribution in [3.8, 4) is 5.75 Å². The monoisotopic (exact) mass is 543 g/mol. The molecule has 1 amide bonds. The molecular formula is C27H33N3O9. The fourth-order valence-corrected chi connectivity index (χ4v) is 5.94. The van der Waals surface area contributed by atoms with Gasteiger partial charge in [-0.05, 0) is 43.4 Å². The quantitative estimate of drug-likeness (QED) is 0.152. The van der Waals surface area contributed by atoms with Gasteiger partial charge in [-0.25, -0.2) is 0 Å². The lowest BCUT2D eigenvalue weighted by Gasteiger charge is -2.46. The molecule has 3 atom stereocenters. The molecule has 3 aliphatic carbocycles. The van der Waals surface area contributed by atoms with Gasteiger partial charge < -0.3 is 41.1 Å². The first-order valence-electron chi connectivity index (χ1n) is 12.6. The highest BCUT2D eigenvalue weighted by Crippen LogP contribution is 2.53. The summed E-state index contributed by atoms with van der Waals surface area (Å²) in [6.45, 7) is 0.651. The maximum Gasteiger partial charge on any atom is 0.305 e. The minimum Gasteiger partial charge on any atom is -0.508 e. The van der Waals surface area contributed by atoms with Gasteiger partial charge in [0, 0.05) is 56.2 Å². The second-order valence-corrected chi connectivity index (χ2v) is 10.4. The molecule has 1 aromatic carbocycles. The molecule has 3 unspecified atom stereocenters. The predicted octanol–water partition coefficient (Wildman–Crippen LogP) is 0.533. The van der Waals surface area contributed by atoms with Gasteiger partial charge in [0.05, 0.1) is 12.7 Å². The highest BCUT2D eigenvalue weighted by Gasteiger charge is 2.60. The summed E-state index contributed by atoms with van der Waals surface area (Å²) in [5.41, 5.74) is 3.39. The Morgan fingerprint density at radius 1 is 1.21 bits per heavy atom. The molecule has 0 heterocycles. The average Bonchev–Trinajstić information content (AvgIpc) is 2.86. The van der Waals surface area contributed by atoms with E-state index in [1.165, 1.54) is 7.11 Å². The Kier molecular flexibility index (Phi) is 7.46. The molecule has 4 rings (SSSR count). The number of fused-ring (bicyclic) bond motifs is 3. The number of benzene rings is 1. The highest BCUT2D eigenvalue weighted by molar-refractivity contribution is 6.22. The van der Waals surface area contributed by atoms with Crippen LogP contribution in [-0.4, -0.2) is 77.2 Å². The molecule has 3 aliphatic rings. The summed E-state index contributed by atoms with van der Waals surface area (Å²) in [6, 6.07) is 1.78. The molecule has 0 aliphatic heterocycles. The van der Waals surface area contributed by atoms with Crippen LogP contribution in [0.2, 0.25) is 0 Å². The number of phenolic OH excluding ortho intramolecular Hbond substituents is 1. The third kappa shape index (κ3) is 4.53. The van der Waals surface area contributed by atoms with Gasteiger partial charge in [0.2, 0.25) is 5.78 Å². The number of Topliss-reactive ketones (excluding diaryl/α,β-unsaturated/α-hetero) is 2. The van der Waals surface area contributed by atoms with Crippen LogP contribution in [-0.2, 0) is 36.9 Å². The average molecular weight is 544 g/mol. The van der Waals surface area contributed by atoms with E-state index in [2.05, 4.69) is 10.1 Å². The van der Waals surface area contributed by atoms with Crippen LogP contribution in [0.15, 0.2) is 23.0 Å². The lowest BCUT2D eigenvalue weighted by Crippen LogP contribution is -2.58. The number of aromatic hydroxyl groups is 1. The second kappa shape index (κ2) is 10.3. The molecule has 1 saturated carbocycles. The van der Waals surface area contributed by atoms with Crippen molar-refractivity contribution in [3.63, 3.8) is 0 Å². The number of aliphatic hydroxyl groups is 3. The number of amides is 1. The zero-order valence-electron chi connectivity index (χ0n) is 22.0. The van der Waals surface area contributed by atoms with Gasteiger partial charge in [-0.15, -0.1) is 0 Å². The number of anilines is 1. The van der Waals surface area contributed by atoms with Gasteiger partial charge in [-0.1, -0.05) is 0 Å². The molecule has 1 fully saturated rings. The van der Waals surface area contributed by atoms with Gasteiger partial charge in [0.15, 0.2) is 11.4 Å². The van der Waals surface area contributed by atoms with E-state index in [4.69, 9.17) is 5.73 Å². The van der Waals surface area contributed by atoms with E-state index < -0.39 is 52.0 Å². The van der Waals surface area contributed by atoms with Crippen LogP contribution in [0.1, 0.15) is 42.4 Å². The van der Waals surface area contributed by atoms with Crippen molar-refractivity contribution in [1.29, 1.82) is 0 Å². The standard InChI is InChI=1S/C27H33N3O9/c1-30(2)16-9-13(11-29-6-4-5-18(32)39-3)22(33)20-15(16)8-12-7-14-10-17(31)21(26(28)37)25(36)27(14,38)24(35)19(12)23(20)34/h9,12,14,29,33-34,36,38H,4-8,10-11H2,1-3H3,(H2,28,37). The molecule has 210 valence electrons. The normalized spacial score (nSPS) is 24.2.